The molecule has 0 saturated carbocycles. The van der Waals surface area contributed by atoms with Crippen molar-refractivity contribution in [1.29, 1.82) is 5.26 Å². The highest BCUT2D eigenvalue weighted by molar-refractivity contribution is 6.17. The molecule has 7 heteroatoms. The second-order valence-electron chi connectivity index (χ2n) is 6.89. The SMILES string of the molecule is N#Cc1cccc(C2=Nc3ccc(NC(=O)OCc4ccccc4)cc3NC(=O)C2)c1. The van der Waals surface area contributed by atoms with Gasteiger partial charge in [-0.05, 0) is 41.5 Å². The van der Waals surface area contributed by atoms with Gasteiger partial charge in [0.25, 0.3) is 0 Å². The molecule has 1 heterocycles. The zero-order valence-electron chi connectivity index (χ0n) is 16.5. The van der Waals surface area contributed by atoms with Crippen molar-refractivity contribution in [2.24, 2.45) is 4.99 Å². The fourth-order valence-corrected chi connectivity index (χ4v) is 3.15. The number of nitrogens with zero attached hydrogens (tertiary/aromatic N) is 2. The number of rotatable bonds is 4. The summed E-state index contributed by atoms with van der Waals surface area (Å²) in [4.78, 5) is 29.1. The molecule has 31 heavy (non-hydrogen) atoms. The minimum absolute atomic E-state index is 0.0748. The van der Waals surface area contributed by atoms with Crippen molar-refractivity contribution >= 4 is 34.8 Å². The first-order valence-corrected chi connectivity index (χ1v) is 9.60. The van der Waals surface area contributed by atoms with Gasteiger partial charge in [-0.1, -0.05) is 42.5 Å². The minimum Gasteiger partial charge on any atom is -0.444 e. The van der Waals surface area contributed by atoms with Crippen LogP contribution in [-0.4, -0.2) is 17.7 Å². The molecular weight excluding hydrogens is 392 g/mol. The lowest BCUT2D eigenvalue weighted by Crippen LogP contribution is -2.16. The largest absolute Gasteiger partial charge is 0.444 e. The zero-order chi connectivity index (χ0) is 21.6. The molecule has 0 aliphatic carbocycles. The minimum atomic E-state index is -0.596. The van der Waals surface area contributed by atoms with Crippen molar-refractivity contribution < 1.29 is 14.3 Å². The summed E-state index contributed by atoms with van der Waals surface area (Å²) < 4.78 is 5.23. The number of amides is 2. The van der Waals surface area contributed by atoms with E-state index in [1.807, 2.05) is 36.4 Å². The molecule has 152 valence electrons. The van der Waals surface area contributed by atoms with Crippen molar-refractivity contribution in [3.63, 3.8) is 0 Å². The Balaban J connectivity index is 1.51. The number of anilines is 2. The Morgan fingerprint density at radius 3 is 2.74 bits per heavy atom. The molecule has 1 aliphatic heterocycles. The highest BCUT2D eigenvalue weighted by Gasteiger charge is 2.18. The van der Waals surface area contributed by atoms with E-state index in [1.165, 1.54) is 0 Å². The predicted molar refractivity (Wildman–Crippen MR) is 117 cm³/mol. The van der Waals surface area contributed by atoms with E-state index >= 15 is 0 Å². The van der Waals surface area contributed by atoms with E-state index in [1.54, 1.807) is 36.4 Å². The molecule has 0 aromatic heterocycles. The highest BCUT2D eigenvalue weighted by Crippen LogP contribution is 2.32. The summed E-state index contributed by atoms with van der Waals surface area (Å²) in [6, 6.07) is 23.5. The maximum absolute atomic E-state index is 12.4. The summed E-state index contributed by atoms with van der Waals surface area (Å²) in [5.74, 6) is -0.233. The van der Waals surface area contributed by atoms with E-state index in [0.717, 1.165) is 5.56 Å². The predicted octanol–water partition coefficient (Wildman–Crippen LogP) is 4.77. The molecule has 3 aromatic rings. The van der Waals surface area contributed by atoms with Crippen LogP contribution in [0.2, 0.25) is 0 Å². The molecule has 7 nitrogen and oxygen atoms in total. The molecule has 0 spiro atoms. The van der Waals surface area contributed by atoms with Gasteiger partial charge in [-0.25, -0.2) is 4.79 Å². The second kappa shape index (κ2) is 8.93. The molecule has 4 rings (SSSR count). The van der Waals surface area contributed by atoms with Crippen LogP contribution < -0.4 is 10.6 Å². The van der Waals surface area contributed by atoms with Crippen molar-refractivity contribution in [2.75, 3.05) is 10.6 Å². The fourth-order valence-electron chi connectivity index (χ4n) is 3.15. The van der Waals surface area contributed by atoms with Gasteiger partial charge < -0.3 is 10.1 Å². The number of carbonyl (C=O) groups excluding carboxylic acids is 2. The number of nitriles is 1. The molecule has 0 radical (unpaired) electrons. The third-order valence-electron chi connectivity index (χ3n) is 4.64. The quantitative estimate of drug-likeness (QED) is 0.646. The Kier molecular flexibility index (Phi) is 5.72. The monoisotopic (exact) mass is 410 g/mol. The van der Waals surface area contributed by atoms with Crippen LogP contribution in [0.15, 0.2) is 77.8 Å². The number of hydrogen-bond donors (Lipinski definition) is 2. The topological polar surface area (TPSA) is 104 Å². The van der Waals surface area contributed by atoms with E-state index in [-0.39, 0.29) is 18.9 Å². The van der Waals surface area contributed by atoms with E-state index < -0.39 is 6.09 Å². The number of ether oxygens (including phenoxy) is 1. The molecule has 0 bridgehead atoms. The first-order valence-electron chi connectivity index (χ1n) is 9.60. The maximum atomic E-state index is 12.4. The molecule has 0 atom stereocenters. The van der Waals surface area contributed by atoms with Gasteiger partial charge in [0.2, 0.25) is 5.91 Å². The van der Waals surface area contributed by atoms with Crippen LogP contribution in [0.4, 0.5) is 21.9 Å². The fraction of sp³-hybridized carbons (Fsp3) is 0.0833. The highest BCUT2D eigenvalue weighted by atomic mass is 16.5. The molecule has 0 unspecified atom stereocenters. The van der Waals surface area contributed by atoms with E-state index in [9.17, 15) is 9.59 Å². The van der Waals surface area contributed by atoms with Crippen LogP contribution in [0, 0.1) is 11.3 Å². The standard InChI is InChI=1S/C24H18N4O3/c25-14-17-7-4-8-18(11-17)21-13-23(29)28-22-12-19(9-10-20(22)27-21)26-24(30)31-15-16-5-2-1-3-6-16/h1-12H,13,15H2,(H,26,30)(H,28,29). The van der Waals surface area contributed by atoms with Gasteiger partial charge in [-0.15, -0.1) is 0 Å². The Hall–Kier alpha value is -4.44. The smallest absolute Gasteiger partial charge is 0.411 e. The number of carbonyl (C=O) groups is 2. The molecular formula is C24H18N4O3. The summed E-state index contributed by atoms with van der Waals surface area (Å²) in [6.07, 6.45) is -0.521. The van der Waals surface area contributed by atoms with E-state index in [4.69, 9.17) is 10.00 Å². The van der Waals surface area contributed by atoms with Gasteiger partial charge in [-0.2, -0.15) is 5.26 Å². The molecule has 2 N–H and O–H groups in total. The van der Waals surface area contributed by atoms with Crippen LogP contribution in [0.1, 0.15) is 23.1 Å². The average molecular weight is 410 g/mol. The molecule has 3 aromatic carbocycles. The van der Waals surface area contributed by atoms with Gasteiger partial charge >= 0.3 is 6.09 Å². The summed E-state index contributed by atoms with van der Waals surface area (Å²) in [5.41, 5.74) is 4.18. The van der Waals surface area contributed by atoms with Crippen LogP contribution in [-0.2, 0) is 16.1 Å². The van der Waals surface area contributed by atoms with Crippen molar-refractivity contribution in [3.05, 3.63) is 89.5 Å². The summed E-state index contributed by atoms with van der Waals surface area (Å²) in [6.45, 7) is 0.157. The first kappa shape index (κ1) is 19.9. The number of aliphatic imine (C=N–C) groups is 1. The van der Waals surface area contributed by atoms with Crippen LogP contribution in [0.3, 0.4) is 0 Å². The number of nitrogens with one attached hydrogen (secondary N) is 2. The summed E-state index contributed by atoms with van der Waals surface area (Å²) >= 11 is 0. The third kappa shape index (κ3) is 4.95. The summed E-state index contributed by atoms with van der Waals surface area (Å²) in [5, 5.41) is 14.6. The Labute approximate surface area is 179 Å². The van der Waals surface area contributed by atoms with Crippen LogP contribution in [0.5, 0.6) is 0 Å². The van der Waals surface area contributed by atoms with Crippen LogP contribution >= 0.6 is 0 Å². The van der Waals surface area contributed by atoms with Gasteiger partial charge in [0.05, 0.1) is 35.1 Å². The second-order valence-corrected chi connectivity index (χ2v) is 6.89. The van der Waals surface area contributed by atoms with Crippen molar-refractivity contribution in [2.45, 2.75) is 13.0 Å². The molecule has 0 fully saturated rings. The Morgan fingerprint density at radius 2 is 1.94 bits per heavy atom. The third-order valence-corrected chi connectivity index (χ3v) is 4.64. The lowest BCUT2D eigenvalue weighted by Gasteiger charge is -2.10. The lowest BCUT2D eigenvalue weighted by molar-refractivity contribution is -0.115. The van der Waals surface area contributed by atoms with Gasteiger partial charge in [-0.3, -0.25) is 15.1 Å². The maximum Gasteiger partial charge on any atom is 0.411 e. The van der Waals surface area contributed by atoms with Crippen molar-refractivity contribution in [3.8, 4) is 6.07 Å². The van der Waals surface area contributed by atoms with Crippen LogP contribution in [0.25, 0.3) is 0 Å². The van der Waals surface area contributed by atoms with Crippen molar-refractivity contribution in [1.82, 2.24) is 0 Å². The number of fused-ring (bicyclic) bond motifs is 1. The van der Waals surface area contributed by atoms with E-state index in [0.29, 0.717) is 33.9 Å². The average Bonchev–Trinajstić information content (AvgIpc) is 2.96. The Morgan fingerprint density at radius 1 is 1.10 bits per heavy atom. The van der Waals surface area contributed by atoms with Gasteiger partial charge in [0, 0.05) is 5.69 Å². The zero-order valence-corrected chi connectivity index (χ0v) is 16.5. The molecule has 2 amide bonds. The van der Waals surface area contributed by atoms with Gasteiger partial charge in [0.15, 0.2) is 0 Å². The number of hydrogen-bond acceptors (Lipinski definition) is 5. The molecule has 0 saturated heterocycles. The molecule has 1 aliphatic rings. The lowest BCUT2D eigenvalue weighted by atomic mass is 10.0. The summed E-state index contributed by atoms with van der Waals surface area (Å²) in [7, 11) is 0. The first-order chi connectivity index (χ1) is 15.1. The van der Waals surface area contributed by atoms with Gasteiger partial charge in [0.1, 0.15) is 6.61 Å². The Bertz CT molecular complexity index is 1210. The number of benzene rings is 3. The normalized spacial score (nSPS) is 12.5. The van der Waals surface area contributed by atoms with E-state index in [2.05, 4.69) is 21.7 Å².